The van der Waals surface area contributed by atoms with Crippen molar-refractivity contribution in [2.24, 2.45) is 0 Å². The Morgan fingerprint density at radius 1 is 0.513 bits per heavy atom. The Morgan fingerprint density at radius 3 is 2.05 bits per heavy atom. The Morgan fingerprint density at radius 2 is 1.21 bits per heavy atom. The summed E-state index contributed by atoms with van der Waals surface area (Å²) in [5.41, 5.74) is 7.33. The molecule has 0 bridgehead atoms. The molecule has 39 heavy (non-hydrogen) atoms. The van der Waals surface area contributed by atoms with Gasteiger partial charge in [0.15, 0.2) is 5.58 Å². The molecule has 0 saturated heterocycles. The van der Waals surface area contributed by atoms with Crippen LogP contribution in [0.2, 0.25) is 0 Å². The first-order valence-electron chi connectivity index (χ1n) is 13.1. The highest BCUT2D eigenvalue weighted by Gasteiger charge is 2.25. The van der Waals surface area contributed by atoms with Crippen molar-refractivity contribution in [1.82, 2.24) is 0 Å². The Labute approximate surface area is 230 Å². The van der Waals surface area contributed by atoms with Crippen LogP contribution in [0.3, 0.4) is 0 Å². The predicted molar refractivity (Wildman–Crippen MR) is 167 cm³/mol. The van der Waals surface area contributed by atoms with Gasteiger partial charge in [-0.2, -0.15) is 0 Å². The van der Waals surface area contributed by atoms with Crippen LogP contribution in [0.5, 0.6) is 0 Å². The smallest absolute Gasteiger partial charge is 0.160 e. The quantitative estimate of drug-likeness (QED) is 0.231. The third kappa shape index (κ3) is 3.48. The summed E-state index contributed by atoms with van der Waals surface area (Å²) >= 11 is 1.84. The SMILES string of the molecule is c1ccc(-c2ccc3c(oc4ccccc43)c2N(c2ccccc2)c2cccc3sc4ccccc4c23)cc1. The van der Waals surface area contributed by atoms with Gasteiger partial charge in [-0.05, 0) is 48.0 Å². The van der Waals surface area contributed by atoms with E-state index in [0.29, 0.717) is 0 Å². The molecule has 184 valence electrons. The van der Waals surface area contributed by atoms with Crippen molar-refractivity contribution in [1.29, 1.82) is 0 Å². The lowest BCUT2D eigenvalue weighted by Gasteiger charge is -2.28. The topological polar surface area (TPSA) is 16.4 Å². The molecule has 2 aromatic heterocycles. The second-order valence-corrected chi connectivity index (χ2v) is 10.8. The number of rotatable bonds is 4. The second-order valence-electron chi connectivity index (χ2n) is 9.72. The molecule has 0 amide bonds. The Bertz CT molecular complexity index is 2120. The van der Waals surface area contributed by atoms with Crippen molar-refractivity contribution in [3.05, 3.63) is 140 Å². The summed E-state index contributed by atoms with van der Waals surface area (Å²) in [6, 6.07) is 49.4. The standard InChI is InChI=1S/C36H23NOS/c1-3-12-24(13-4-1)26-22-23-28-27-16-7-9-19-31(27)38-36(28)35(26)37(25-14-5-2-6-15-25)30-18-11-21-33-34(30)29-17-8-10-20-32(29)39-33/h1-23H. The zero-order valence-corrected chi connectivity index (χ0v) is 21.9. The van der Waals surface area contributed by atoms with E-state index in [2.05, 4.69) is 138 Å². The van der Waals surface area contributed by atoms with E-state index in [1.54, 1.807) is 0 Å². The fraction of sp³-hybridized carbons (Fsp3) is 0. The van der Waals surface area contributed by atoms with Gasteiger partial charge >= 0.3 is 0 Å². The summed E-state index contributed by atoms with van der Waals surface area (Å²) in [6.07, 6.45) is 0. The number of nitrogens with zero attached hydrogens (tertiary/aromatic N) is 1. The van der Waals surface area contributed by atoms with Crippen molar-refractivity contribution >= 4 is 70.5 Å². The minimum absolute atomic E-state index is 0.887. The summed E-state index contributed by atoms with van der Waals surface area (Å²) < 4.78 is 9.27. The molecule has 6 aromatic carbocycles. The van der Waals surface area contributed by atoms with E-state index in [1.807, 2.05) is 17.4 Å². The number of furan rings is 1. The molecule has 0 aliphatic rings. The van der Waals surface area contributed by atoms with E-state index in [9.17, 15) is 0 Å². The van der Waals surface area contributed by atoms with Gasteiger partial charge < -0.3 is 9.32 Å². The van der Waals surface area contributed by atoms with Gasteiger partial charge in [0, 0.05) is 42.2 Å². The molecule has 8 rings (SSSR count). The van der Waals surface area contributed by atoms with Crippen LogP contribution >= 0.6 is 11.3 Å². The van der Waals surface area contributed by atoms with E-state index in [0.717, 1.165) is 50.1 Å². The summed E-state index contributed by atoms with van der Waals surface area (Å²) in [6.45, 7) is 0. The second kappa shape index (κ2) is 8.87. The van der Waals surface area contributed by atoms with Gasteiger partial charge in [0.1, 0.15) is 5.58 Å². The maximum Gasteiger partial charge on any atom is 0.160 e. The number of thiophene rings is 1. The zero-order chi connectivity index (χ0) is 25.8. The van der Waals surface area contributed by atoms with Crippen LogP contribution in [0.15, 0.2) is 144 Å². The number of fused-ring (bicyclic) bond motifs is 6. The number of hydrogen-bond acceptors (Lipinski definition) is 3. The largest absolute Gasteiger partial charge is 0.454 e. The fourth-order valence-electron chi connectivity index (χ4n) is 5.76. The number of para-hydroxylation sites is 2. The van der Waals surface area contributed by atoms with Crippen LogP contribution in [-0.2, 0) is 0 Å². The van der Waals surface area contributed by atoms with Crippen LogP contribution < -0.4 is 4.90 Å². The molecule has 0 aliphatic heterocycles. The molecule has 2 heterocycles. The average molecular weight is 518 g/mol. The average Bonchev–Trinajstić information content (AvgIpc) is 3.57. The maximum atomic E-state index is 6.71. The van der Waals surface area contributed by atoms with E-state index in [4.69, 9.17) is 4.42 Å². The lowest BCUT2D eigenvalue weighted by Crippen LogP contribution is -2.12. The lowest BCUT2D eigenvalue weighted by atomic mass is 9.98. The van der Waals surface area contributed by atoms with Gasteiger partial charge in [-0.25, -0.2) is 0 Å². The monoisotopic (exact) mass is 517 g/mol. The minimum atomic E-state index is 0.887. The highest BCUT2D eigenvalue weighted by molar-refractivity contribution is 7.26. The molecule has 0 aliphatic carbocycles. The van der Waals surface area contributed by atoms with Crippen molar-refractivity contribution < 1.29 is 4.42 Å². The summed E-state index contributed by atoms with van der Waals surface area (Å²) in [5, 5.41) is 4.77. The Balaban J connectivity index is 1.55. The molecule has 2 nitrogen and oxygen atoms in total. The van der Waals surface area contributed by atoms with E-state index < -0.39 is 0 Å². The lowest BCUT2D eigenvalue weighted by molar-refractivity contribution is 0.669. The molecule has 0 saturated carbocycles. The third-order valence-corrected chi connectivity index (χ3v) is 8.60. The third-order valence-electron chi connectivity index (χ3n) is 7.46. The molecule has 0 radical (unpaired) electrons. The van der Waals surface area contributed by atoms with Crippen LogP contribution in [0.1, 0.15) is 0 Å². The van der Waals surface area contributed by atoms with E-state index >= 15 is 0 Å². The molecule has 0 atom stereocenters. The first-order chi connectivity index (χ1) is 19.4. The van der Waals surface area contributed by atoms with Crippen molar-refractivity contribution in [3.63, 3.8) is 0 Å². The van der Waals surface area contributed by atoms with Crippen LogP contribution in [0, 0.1) is 0 Å². The van der Waals surface area contributed by atoms with E-state index in [1.165, 1.54) is 20.2 Å². The fourth-order valence-corrected chi connectivity index (χ4v) is 6.88. The minimum Gasteiger partial charge on any atom is -0.454 e. The summed E-state index contributed by atoms with van der Waals surface area (Å²) in [7, 11) is 0. The highest BCUT2D eigenvalue weighted by atomic mass is 32.1. The van der Waals surface area contributed by atoms with Gasteiger partial charge in [0.2, 0.25) is 0 Å². The van der Waals surface area contributed by atoms with Gasteiger partial charge in [-0.1, -0.05) is 97.1 Å². The molecular weight excluding hydrogens is 494 g/mol. The van der Waals surface area contributed by atoms with Crippen LogP contribution in [-0.4, -0.2) is 0 Å². The van der Waals surface area contributed by atoms with Gasteiger partial charge in [-0.15, -0.1) is 11.3 Å². The molecule has 8 aromatic rings. The maximum absolute atomic E-state index is 6.71. The Hall–Kier alpha value is -4.86. The van der Waals surface area contributed by atoms with Gasteiger partial charge in [0.25, 0.3) is 0 Å². The van der Waals surface area contributed by atoms with Crippen LogP contribution in [0.4, 0.5) is 17.1 Å². The van der Waals surface area contributed by atoms with Crippen molar-refractivity contribution in [3.8, 4) is 11.1 Å². The number of anilines is 3. The Kier molecular flexibility index (Phi) is 5.04. The first-order valence-corrected chi connectivity index (χ1v) is 13.9. The molecule has 0 N–H and O–H groups in total. The highest BCUT2D eigenvalue weighted by Crippen LogP contribution is 2.50. The van der Waals surface area contributed by atoms with Crippen molar-refractivity contribution in [2.45, 2.75) is 0 Å². The number of benzene rings is 6. The first kappa shape index (κ1) is 22.2. The van der Waals surface area contributed by atoms with Crippen molar-refractivity contribution in [2.75, 3.05) is 4.90 Å². The zero-order valence-electron chi connectivity index (χ0n) is 21.0. The predicted octanol–water partition coefficient (Wildman–Crippen LogP) is 11.1. The summed E-state index contributed by atoms with van der Waals surface area (Å²) in [4.78, 5) is 2.40. The molecule has 0 unspecified atom stereocenters. The normalized spacial score (nSPS) is 11.6. The molecule has 0 fully saturated rings. The van der Waals surface area contributed by atoms with Crippen LogP contribution in [0.25, 0.3) is 53.2 Å². The van der Waals surface area contributed by atoms with Gasteiger partial charge in [0.05, 0.1) is 11.4 Å². The summed E-state index contributed by atoms with van der Waals surface area (Å²) in [5.74, 6) is 0. The van der Waals surface area contributed by atoms with E-state index in [-0.39, 0.29) is 0 Å². The molecule has 0 spiro atoms. The molecule has 3 heteroatoms. The van der Waals surface area contributed by atoms with Gasteiger partial charge in [-0.3, -0.25) is 0 Å². The molecular formula is C36H23NOS. The number of hydrogen-bond donors (Lipinski definition) is 0.